The Labute approximate surface area is 100 Å². The summed E-state index contributed by atoms with van der Waals surface area (Å²) in [6.45, 7) is 0. The number of carboxylic acids is 1. The predicted molar refractivity (Wildman–Crippen MR) is 63.3 cm³/mol. The lowest BCUT2D eigenvalue weighted by Gasteiger charge is -2.00. The van der Waals surface area contributed by atoms with Crippen molar-refractivity contribution in [3.8, 4) is 11.3 Å². The molecule has 0 atom stereocenters. The number of imidazole rings is 1. The Hall–Kier alpha value is -2.21. The van der Waals surface area contributed by atoms with Gasteiger partial charge in [-0.05, 0) is 12.1 Å². The topological polar surface area (TPSA) is 67.5 Å². The zero-order chi connectivity index (χ0) is 11.8. The minimum absolute atomic E-state index is 0.167. The van der Waals surface area contributed by atoms with Crippen LogP contribution in [0, 0.1) is 0 Å². The number of pyridine rings is 1. The van der Waals surface area contributed by atoms with Crippen molar-refractivity contribution in [2.75, 3.05) is 0 Å². The largest absolute Gasteiger partial charge is 0.477 e. The van der Waals surface area contributed by atoms with E-state index in [1.807, 2.05) is 17.5 Å². The van der Waals surface area contributed by atoms with E-state index in [0.29, 0.717) is 4.96 Å². The molecule has 3 heterocycles. The van der Waals surface area contributed by atoms with Crippen LogP contribution in [0.25, 0.3) is 16.2 Å². The third-order valence-corrected chi connectivity index (χ3v) is 3.26. The number of nitrogens with zero attached hydrogens (tertiary/aromatic N) is 3. The highest BCUT2D eigenvalue weighted by molar-refractivity contribution is 7.15. The minimum Gasteiger partial charge on any atom is -0.477 e. The second-order valence-electron chi connectivity index (χ2n) is 3.43. The van der Waals surface area contributed by atoms with Gasteiger partial charge in [-0.1, -0.05) is 0 Å². The Morgan fingerprint density at radius 1 is 1.41 bits per heavy atom. The molecule has 0 saturated heterocycles. The average molecular weight is 245 g/mol. The molecule has 0 unspecified atom stereocenters. The van der Waals surface area contributed by atoms with E-state index in [-0.39, 0.29) is 5.69 Å². The van der Waals surface area contributed by atoms with Gasteiger partial charge in [-0.25, -0.2) is 9.78 Å². The van der Waals surface area contributed by atoms with Crippen LogP contribution in [0.1, 0.15) is 10.5 Å². The monoisotopic (exact) mass is 245 g/mol. The van der Waals surface area contributed by atoms with E-state index in [4.69, 9.17) is 5.11 Å². The molecule has 0 amide bonds. The molecule has 3 aromatic rings. The molecule has 0 saturated carbocycles. The van der Waals surface area contributed by atoms with Crippen LogP contribution >= 0.6 is 11.3 Å². The normalized spacial score (nSPS) is 10.8. The molecule has 0 aliphatic rings. The molecule has 0 bridgehead atoms. The Bertz CT molecular complexity index is 687. The first-order valence-electron chi connectivity index (χ1n) is 4.86. The molecule has 0 aliphatic heterocycles. The first-order chi connectivity index (χ1) is 8.27. The fraction of sp³-hybridized carbons (Fsp3) is 0. The second kappa shape index (κ2) is 3.67. The third kappa shape index (κ3) is 1.50. The summed E-state index contributed by atoms with van der Waals surface area (Å²) in [5.41, 5.74) is 1.84. The predicted octanol–water partition coefficient (Wildman–Crippen LogP) is 2.16. The number of rotatable bonds is 2. The van der Waals surface area contributed by atoms with E-state index in [1.54, 1.807) is 16.8 Å². The van der Waals surface area contributed by atoms with Crippen LogP contribution < -0.4 is 0 Å². The number of carbonyl (C=O) groups is 1. The molecule has 84 valence electrons. The minimum atomic E-state index is -0.985. The highest BCUT2D eigenvalue weighted by Crippen LogP contribution is 2.26. The summed E-state index contributed by atoms with van der Waals surface area (Å²) in [5, 5.41) is 11.0. The van der Waals surface area contributed by atoms with Crippen LogP contribution in [0.3, 0.4) is 0 Å². The van der Waals surface area contributed by atoms with Crippen LogP contribution in [0.5, 0.6) is 0 Å². The molecule has 6 heteroatoms. The van der Waals surface area contributed by atoms with Crippen molar-refractivity contribution in [1.29, 1.82) is 0 Å². The van der Waals surface area contributed by atoms with Crippen molar-refractivity contribution in [2.24, 2.45) is 0 Å². The number of aromatic nitrogens is 3. The molecular weight excluding hydrogens is 238 g/mol. The molecule has 5 nitrogen and oxygen atoms in total. The van der Waals surface area contributed by atoms with Crippen molar-refractivity contribution < 1.29 is 9.90 Å². The summed E-state index contributed by atoms with van der Waals surface area (Å²) in [5.74, 6) is -0.985. The first-order valence-corrected chi connectivity index (χ1v) is 5.74. The molecular formula is C11H7N3O2S. The van der Waals surface area contributed by atoms with Gasteiger partial charge in [0.15, 0.2) is 10.7 Å². The fourth-order valence-electron chi connectivity index (χ4n) is 1.67. The van der Waals surface area contributed by atoms with Gasteiger partial charge < -0.3 is 5.11 Å². The Morgan fingerprint density at radius 2 is 2.29 bits per heavy atom. The Morgan fingerprint density at radius 3 is 3.00 bits per heavy atom. The summed E-state index contributed by atoms with van der Waals surface area (Å²) in [4.78, 5) is 19.8. The van der Waals surface area contributed by atoms with Crippen molar-refractivity contribution in [2.45, 2.75) is 0 Å². The lowest BCUT2D eigenvalue weighted by atomic mass is 10.2. The van der Waals surface area contributed by atoms with E-state index >= 15 is 0 Å². The molecule has 0 fully saturated rings. The highest BCUT2D eigenvalue weighted by Gasteiger charge is 2.16. The van der Waals surface area contributed by atoms with Gasteiger partial charge >= 0.3 is 5.97 Å². The smallest absolute Gasteiger partial charge is 0.354 e. The summed E-state index contributed by atoms with van der Waals surface area (Å²) < 4.78 is 1.63. The van der Waals surface area contributed by atoms with E-state index in [9.17, 15) is 4.79 Å². The molecule has 0 aromatic carbocycles. The molecule has 3 aromatic heterocycles. The Kier molecular flexibility index (Phi) is 2.15. The lowest BCUT2D eigenvalue weighted by Crippen LogP contribution is -2.01. The van der Waals surface area contributed by atoms with Crippen LogP contribution in [0.2, 0.25) is 0 Å². The molecule has 0 radical (unpaired) electrons. The number of aromatic carboxylic acids is 1. The molecule has 1 N–H and O–H groups in total. The van der Waals surface area contributed by atoms with Crippen molar-refractivity contribution in [3.05, 3.63) is 41.8 Å². The second-order valence-corrected chi connectivity index (χ2v) is 4.27. The maximum absolute atomic E-state index is 11.1. The van der Waals surface area contributed by atoms with E-state index in [1.165, 1.54) is 17.5 Å². The SMILES string of the molecule is O=C(O)c1cnc2scc(-c3cccnc3)n12. The summed E-state index contributed by atoms with van der Waals surface area (Å²) in [7, 11) is 0. The van der Waals surface area contributed by atoms with Gasteiger partial charge in [0.1, 0.15) is 0 Å². The number of thiazole rings is 1. The van der Waals surface area contributed by atoms with Gasteiger partial charge in [-0.3, -0.25) is 9.38 Å². The van der Waals surface area contributed by atoms with Gasteiger partial charge in [0.05, 0.1) is 11.9 Å². The van der Waals surface area contributed by atoms with E-state index in [0.717, 1.165) is 11.3 Å². The van der Waals surface area contributed by atoms with E-state index in [2.05, 4.69) is 9.97 Å². The molecule has 17 heavy (non-hydrogen) atoms. The Balaban J connectivity index is 2.30. The van der Waals surface area contributed by atoms with Crippen LogP contribution in [-0.2, 0) is 0 Å². The maximum Gasteiger partial charge on any atom is 0.354 e. The van der Waals surface area contributed by atoms with Gasteiger partial charge in [-0.15, -0.1) is 11.3 Å². The number of carboxylic acid groups (broad SMARTS) is 1. The summed E-state index contributed by atoms with van der Waals surface area (Å²) >= 11 is 1.41. The molecule has 3 rings (SSSR count). The number of fused-ring (bicyclic) bond motifs is 1. The number of hydrogen-bond donors (Lipinski definition) is 1. The summed E-state index contributed by atoms with van der Waals surface area (Å²) in [6.07, 6.45) is 4.75. The number of hydrogen-bond acceptors (Lipinski definition) is 4. The van der Waals surface area contributed by atoms with Crippen LogP contribution in [0.4, 0.5) is 0 Å². The van der Waals surface area contributed by atoms with Crippen LogP contribution in [-0.4, -0.2) is 25.4 Å². The van der Waals surface area contributed by atoms with Gasteiger partial charge in [0.2, 0.25) is 0 Å². The first kappa shape index (κ1) is 9.98. The molecule has 0 aliphatic carbocycles. The lowest BCUT2D eigenvalue weighted by molar-refractivity contribution is 0.0689. The zero-order valence-electron chi connectivity index (χ0n) is 8.57. The highest BCUT2D eigenvalue weighted by atomic mass is 32.1. The van der Waals surface area contributed by atoms with Crippen molar-refractivity contribution in [1.82, 2.24) is 14.4 Å². The van der Waals surface area contributed by atoms with E-state index < -0.39 is 5.97 Å². The standard InChI is InChI=1S/C11H7N3O2S/c15-10(16)8-5-13-11-14(8)9(6-17-11)7-2-1-3-12-4-7/h1-6H,(H,15,16). The van der Waals surface area contributed by atoms with Gasteiger partial charge in [0, 0.05) is 23.3 Å². The third-order valence-electron chi connectivity index (χ3n) is 2.42. The average Bonchev–Trinajstić information content (AvgIpc) is 2.90. The fourth-order valence-corrected chi connectivity index (χ4v) is 2.55. The van der Waals surface area contributed by atoms with Crippen LogP contribution in [0.15, 0.2) is 36.1 Å². The quantitative estimate of drug-likeness (QED) is 0.751. The summed E-state index contributed by atoms with van der Waals surface area (Å²) in [6, 6.07) is 3.70. The molecule has 0 spiro atoms. The van der Waals surface area contributed by atoms with Crippen molar-refractivity contribution >= 4 is 22.3 Å². The van der Waals surface area contributed by atoms with Gasteiger partial charge in [0.25, 0.3) is 0 Å². The van der Waals surface area contributed by atoms with Gasteiger partial charge in [-0.2, -0.15) is 0 Å². The zero-order valence-corrected chi connectivity index (χ0v) is 9.39. The maximum atomic E-state index is 11.1. The van der Waals surface area contributed by atoms with Crippen molar-refractivity contribution in [3.63, 3.8) is 0 Å².